The number of methoxy groups -OCH3 is 2. The van der Waals surface area contributed by atoms with Crippen molar-refractivity contribution in [3.63, 3.8) is 0 Å². The number of nitrogens with one attached hydrogen (secondary N) is 1. The van der Waals surface area contributed by atoms with Gasteiger partial charge in [-0.3, -0.25) is 4.72 Å². The number of hydrogen-bond donors (Lipinski definition) is 1. The van der Waals surface area contributed by atoms with Gasteiger partial charge in [-0.2, -0.15) is 0 Å². The summed E-state index contributed by atoms with van der Waals surface area (Å²) >= 11 is 0. The smallest absolute Gasteiger partial charge is 0.337 e. The lowest BCUT2D eigenvalue weighted by molar-refractivity contribution is 0.0600. The molecule has 1 aliphatic heterocycles. The van der Waals surface area contributed by atoms with Crippen LogP contribution in [-0.2, 0) is 19.5 Å². The van der Waals surface area contributed by atoms with Crippen molar-refractivity contribution in [2.75, 3.05) is 36.9 Å². The van der Waals surface area contributed by atoms with Gasteiger partial charge in [-0.25, -0.2) is 13.2 Å². The quantitative estimate of drug-likeness (QED) is 0.745. The molecule has 3 rings (SSSR count). The maximum Gasteiger partial charge on any atom is 0.337 e. The number of esters is 1. The van der Waals surface area contributed by atoms with Crippen molar-refractivity contribution in [3.8, 4) is 0 Å². The molecule has 0 radical (unpaired) electrons. The zero-order valence-electron chi connectivity index (χ0n) is 15.9. The minimum atomic E-state index is -3.74. The highest BCUT2D eigenvalue weighted by Crippen LogP contribution is 2.24. The molecule has 0 atom stereocenters. The number of rotatable bonds is 6. The number of carbonyl (C=O) groups is 1. The molecule has 1 saturated heterocycles. The Bertz CT molecular complexity index is 903. The number of anilines is 2. The van der Waals surface area contributed by atoms with Gasteiger partial charge in [-0.1, -0.05) is 0 Å². The fourth-order valence-corrected chi connectivity index (χ4v) is 4.25. The lowest BCUT2D eigenvalue weighted by Crippen LogP contribution is -2.36. The highest BCUT2D eigenvalue weighted by molar-refractivity contribution is 7.92. The monoisotopic (exact) mass is 404 g/mol. The van der Waals surface area contributed by atoms with Crippen LogP contribution in [0.2, 0.25) is 0 Å². The van der Waals surface area contributed by atoms with Crippen LogP contribution in [-0.4, -0.2) is 47.8 Å². The van der Waals surface area contributed by atoms with Crippen molar-refractivity contribution in [1.82, 2.24) is 0 Å². The first-order valence-corrected chi connectivity index (χ1v) is 10.5. The molecule has 1 heterocycles. The Morgan fingerprint density at radius 3 is 2.14 bits per heavy atom. The van der Waals surface area contributed by atoms with Gasteiger partial charge in [0.1, 0.15) is 0 Å². The summed E-state index contributed by atoms with van der Waals surface area (Å²) in [5, 5.41) is 0. The van der Waals surface area contributed by atoms with E-state index in [1.54, 1.807) is 19.2 Å². The Labute approximate surface area is 165 Å². The van der Waals surface area contributed by atoms with Gasteiger partial charge in [-0.15, -0.1) is 0 Å². The van der Waals surface area contributed by atoms with Gasteiger partial charge < -0.3 is 14.4 Å². The molecule has 1 fully saturated rings. The second-order valence-electron chi connectivity index (χ2n) is 6.59. The van der Waals surface area contributed by atoms with Gasteiger partial charge in [0.25, 0.3) is 10.0 Å². The fourth-order valence-electron chi connectivity index (χ4n) is 3.19. The third-order valence-corrected chi connectivity index (χ3v) is 6.24. The SMILES string of the molecule is COC(=O)c1ccc(S(=O)(=O)Nc2ccc(N3CCC(OC)CC3)cc2)cc1. The zero-order chi connectivity index (χ0) is 20.1. The first-order chi connectivity index (χ1) is 13.4. The molecule has 0 spiro atoms. The van der Waals surface area contributed by atoms with E-state index >= 15 is 0 Å². The predicted molar refractivity (Wildman–Crippen MR) is 107 cm³/mol. The summed E-state index contributed by atoms with van der Waals surface area (Å²) in [5.41, 5.74) is 1.83. The molecule has 150 valence electrons. The van der Waals surface area contributed by atoms with E-state index in [4.69, 9.17) is 4.74 Å². The molecule has 0 aliphatic carbocycles. The second-order valence-corrected chi connectivity index (χ2v) is 8.27. The van der Waals surface area contributed by atoms with Crippen molar-refractivity contribution in [1.29, 1.82) is 0 Å². The second kappa shape index (κ2) is 8.62. The van der Waals surface area contributed by atoms with E-state index in [0.717, 1.165) is 31.6 Å². The lowest BCUT2D eigenvalue weighted by Gasteiger charge is -2.33. The molecular weight excluding hydrogens is 380 g/mol. The average molecular weight is 404 g/mol. The summed E-state index contributed by atoms with van der Waals surface area (Å²) in [6.45, 7) is 1.83. The summed E-state index contributed by atoms with van der Waals surface area (Å²) in [5.74, 6) is -0.512. The molecule has 8 heteroatoms. The third-order valence-electron chi connectivity index (χ3n) is 4.85. The lowest BCUT2D eigenvalue weighted by atomic mass is 10.1. The van der Waals surface area contributed by atoms with E-state index < -0.39 is 16.0 Å². The van der Waals surface area contributed by atoms with Crippen molar-refractivity contribution in [3.05, 3.63) is 54.1 Å². The predicted octanol–water partition coefficient (Wildman–Crippen LogP) is 2.89. The van der Waals surface area contributed by atoms with E-state index in [9.17, 15) is 13.2 Å². The van der Waals surface area contributed by atoms with Crippen LogP contribution >= 0.6 is 0 Å². The van der Waals surface area contributed by atoms with Crippen LogP contribution in [0.3, 0.4) is 0 Å². The van der Waals surface area contributed by atoms with Crippen LogP contribution in [0.5, 0.6) is 0 Å². The Hall–Kier alpha value is -2.58. The van der Waals surface area contributed by atoms with Gasteiger partial charge in [-0.05, 0) is 61.4 Å². The molecule has 1 aliphatic rings. The van der Waals surface area contributed by atoms with Gasteiger partial charge >= 0.3 is 5.97 Å². The molecule has 0 amide bonds. The van der Waals surface area contributed by atoms with Crippen molar-refractivity contribution in [2.45, 2.75) is 23.8 Å². The van der Waals surface area contributed by atoms with Gasteiger partial charge in [0.15, 0.2) is 0 Å². The van der Waals surface area contributed by atoms with Crippen LogP contribution in [0.25, 0.3) is 0 Å². The fraction of sp³-hybridized carbons (Fsp3) is 0.350. The number of sulfonamides is 1. The Balaban J connectivity index is 1.66. The van der Waals surface area contributed by atoms with E-state index in [1.165, 1.54) is 31.4 Å². The topological polar surface area (TPSA) is 84.9 Å². The highest BCUT2D eigenvalue weighted by atomic mass is 32.2. The standard InChI is InChI=1S/C20H24N2O5S/c1-26-18-11-13-22(14-12-18)17-7-5-16(6-8-17)21-28(24,25)19-9-3-15(4-10-19)20(23)27-2/h3-10,18,21H,11-14H2,1-2H3. The Kier molecular flexibility index (Phi) is 6.21. The summed E-state index contributed by atoms with van der Waals surface area (Å²) in [4.78, 5) is 13.8. The largest absolute Gasteiger partial charge is 0.465 e. The third kappa shape index (κ3) is 4.63. The van der Waals surface area contributed by atoms with Crippen LogP contribution in [0, 0.1) is 0 Å². The summed E-state index contributed by atoms with van der Waals surface area (Å²) in [7, 11) is -0.727. The van der Waals surface area contributed by atoms with Crippen LogP contribution in [0.4, 0.5) is 11.4 Å². The number of ether oxygens (including phenoxy) is 2. The minimum Gasteiger partial charge on any atom is -0.465 e. The maximum atomic E-state index is 12.6. The normalized spacial score (nSPS) is 15.3. The van der Waals surface area contributed by atoms with Crippen molar-refractivity contribution in [2.24, 2.45) is 0 Å². The maximum absolute atomic E-state index is 12.6. The molecule has 2 aromatic rings. The molecule has 0 unspecified atom stereocenters. The van der Waals surface area contributed by atoms with E-state index in [0.29, 0.717) is 17.4 Å². The number of piperidine rings is 1. The highest BCUT2D eigenvalue weighted by Gasteiger charge is 2.19. The van der Waals surface area contributed by atoms with Crippen LogP contribution < -0.4 is 9.62 Å². The Morgan fingerprint density at radius 1 is 1.00 bits per heavy atom. The zero-order valence-corrected chi connectivity index (χ0v) is 16.7. The van der Waals surface area contributed by atoms with Gasteiger partial charge in [0.2, 0.25) is 0 Å². The molecule has 0 aromatic heterocycles. The first-order valence-electron chi connectivity index (χ1n) is 9.02. The average Bonchev–Trinajstić information content (AvgIpc) is 2.73. The number of carbonyl (C=O) groups excluding carboxylic acids is 1. The van der Waals surface area contributed by atoms with Gasteiger partial charge in [0, 0.05) is 31.6 Å². The number of benzene rings is 2. The molecule has 0 bridgehead atoms. The molecular formula is C20H24N2O5S. The molecule has 0 saturated carbocycles. The van der Waals surface area contributed by atoms with E-state index in [-0.39, 0.29) is 4.90 Å². The summed E-state index contributed by atoms with van der Waals surface area (Å²) in [6.07, 6.45) is 2.27. The number of hydrogen-bond acceptors (Lipinski definition) is 6. The van der Waals surface area contributed by atoms with Crippen LogP contribution in [0.15, 0.2) is 53.4 Å². The van der Waals surface area contributed by atoms with Crippen molar-refractivity contribution >= 4 is 27.4 Å². The van der Waals surface area contributed by atoms with E-state index in [1.807, 2.05) is 12.1 Å². The first kappa shape index (κ1) is 20.2. The Morgan fingerprint density at radius 2 is 1.61 bits per heavy atom. The van der Waals surface area contributed by atoms with E-state index in [2.05, 4.69) is 14.4 Å². The minimum absolute atomic E-state index is 0.0749. The molecule has 28 heavy (non-hydrogen) atoms. The van der Waals surface area contributed by atoms with Crippen LogP contribution in [0.1, 0.15) is 23.2 Å². The molecule has 7 nitrogen and oxygen atoms in total. The van der Waals surface area contributed by atoms with Gasteiger partial charge in [0.05, 0.1) is 23.7 Å². The summed E-state index contributed by atoms with van der Waals surface area (Å²) in [6, 6.07) is 12.9. The number of nitrogens with zero attached hydrogens (tertiary/aromatic N) is 1. The molecule has 2 aromatic carbocycles. The summed E-state index contributed by atoms with van der Waals surface area (Å²) < 4.78 is 37.7. The molecule has 1 N–H and O–H groups in total. The van der Waals surface area contributed by atoms with Crippen molar-refractivity contribution < 1.29 is 22.7 Å².